The van der Waals surface area contributed by atoms with Crippen LogP contribution in [0, 0.1) is 0 Å². The molecule has 1 aliphatic rings. The standard InChI is InChI=1S/C10H14BN5O3/c11-9-13-6-7(14-10(12)15-8(6)18)16(9)5-2-1-4(3-17)19-5/h4-5,17H,1-3,11H2,(H3,12,14,15,18)/t4-,5+/m0/s1. The fourth-order valence-electron chi connectivity index (χ4n) is 2.47. The highest BCUT2D eigenvalue weighted by molar-refractivity contribution is 6.30. The van der Waals surface area contributed by atoms with Crippen molar-refractivity contribution in [1.82, 2.24) is 19.5 Å². The second-order valence-corrected chi connectivity index (χ2v) is 4.63. The van der Waals surface area contributed by atoms with Crippen LogP contribution in [0.2, 0.25) is 0 Å². The van der Waals surface area contributed by atoms with Gasteiger partial charge in [-0.25, -0.2) is 4.98 Å². The van der Waals surface area contributed by atoms with Gasteiger partial charge in [-0.3, -0.25) is 14.3 Å². The maximum absolute atomic E-state index is 11.8. The highest BCUT2D eigenvalue weighted by Crippen LogP contribution is 2.28. The van der Waals surface area contributed by atoms with Crippen LogP contribution in [0.15, 0.2) is 4.79 Å². The number of nitrogens with two attached hydrogens (primary N) is 1. The van der Waals surface area contributed by atoms with Gasteiger partial charge in [0.2, 0.25) is 5.95 Å². The Labute approximate surface area is 109 Å². The molecule has 2 aromatic rings. The molecule has 0 unspecified atom stereocenters. The SMILES string of the molecule is Bc1nc2c(=O)[nH]c(N)nc2n1[C@H]1CC[C@@H](CO)O1. The molecular weight excluding hydrogens is 249 g/mol. The number of aliphatic hydroxyl groups excluding tert-OH is 1. The van der Waals surface area contributed by atoms with Crippen LogP contribution in [0.25, 0.3) is 11.2 Å². The first kappa shape index (κ1) is 12.2. The Bertz CT molecular complexity index is 682. The van der Waals surface area contributed by atoms with Gasteiger partial charge in [-0.2, -0.15) is 4.98 Å². The number of nitrogens with zero attached hydrogens (tertiary/aromatic N) is 3. The first-order valence-corrected chi connectivity index (χ1v) is 6.11. The molecule has 2 atom stereocenters. The maximum atomic E-state index is 11.8. The zero-order valence-corrected chi connectivity index (χ0v) is 10.5. The van der Waals surface area contributed by atoms with Crippen LogP contribution in [0.1, 0.15) is 19.1 Å². The lowest BCUT2D eigenvalue weighted by molar-refractivity contribution is -0.0193. The maximum Gasteiger partial charge on any atom is 0.280 e. The van der Waals surface area contributed by atoms with Gasteiger partial charge in [-0.1, -0.05) is 0 Å². The summed E-state index contributed by atoms with van der Waals surface area (Å²) in [6.07, 6.45) is 1.06. The highest BCUT2D eigenvalue weighted by atomic mass is 16.5. The fraction of sp³-hybridized carbons (Fsp3) is 0.500. The molecule has 1 saturated heterocycles. The van der Waals surface area contributed by atoms with Gasteiger partial charge in [0.1, 0.15) is 6.23 Å². The second-order valence-electron chi connectivity index (χ2n) is 4.63. The molecule has 2 aromatic heterocycles. The first-order chi connectivity index (χ1) is 9.10. The summed E-state index contributed by atoms with van der Waals surface area (Å²) in [5.74, 6) is 0.0513. The van der Waals surface area contributed by atoms with E-state index in [0.29, 0.717) is 11.4 Å². The minimum absolute atomic E-state index is 0.0155. The topological polar surface area (TPSA) is 119 Å². The number of nitrogens with one attached hydrogen (secondary N) is 1. The molecule has 19 heavy (non-hydrogen) atoms. The molecule has 0 saturated carbocycles. The summed E-state index contributed by atoms with van der Waals surface area (Å²) in [4.78, 5) is 22.5. The number of ether oxygens (including phenoxy) is 1. The van der Waals surface area contributed by atoms with Crippen molar-refractivity contribution in [3.63, 3.8) is 0 Å². The number of imidazole rings is 1. The Hall–Kier alpha value is -1.87. The number of aliphatic hydroxyl groups is 1. The van der Waals surface area contributed by atoms with Gasteiger partial charge in [0.25, 0.3) is 5.56 Å². The quantitative estimate of drug-likeness (QED) is 0.521. The molecule has 1 aliphatic heterocycles. The Kier molecular flexibility index (Phi) is 2.79. The molecule has 0 radical (unpaired) electrons. The van der Waals surface area contributed by atoms with Gasteiger partial charge >= 0.3 is 0 Å². The van der Waals surface area contributed by atoms with Crippen LogP contribution in [0.3, 0.4) is 0 Å². The zero-order valence-electron chi connectivity index (χ0n) is 10.5. The molecule has 8 nitrogen and oxygen atoms in total. The van der Waals surface area contributed by atoms with Gasteiger partial charge < -0.3 is 15.6 Å². The van der Waals surface area contributed by atoms with Gasteiger partial charge in [-0.15, -0.1) is 0 Å². The summed E-state index contributed by atoms with van der Waals surface area (Å²) in [6, 6.07) is 0. The summed E-state index contributed by atoms with van der Waals surface area (Å²) in [5.41, 5.74) is 6.52. The summed E-state index contributed by atoms with van der Waals surface area (Å²) < 4.78 is 7.46. The molecule has 0 aromatic carbocycles. The van der Waals surface area contributed by atoms with E-state index in [1.54, 1.807) is 12.4 Å². The van der Waals surface area contributed by atoms with Crippen molar-refractivity contribution in [3.8, 4) is 0 Å². The van der Waals surface area contributed by atoms with E-state index in [0.717, 1.165) is 12.8 Å². The number of hydrogen-bond donors (Lipinski definition) is 3. The number of aromatic nitrogens is 4. The minimum atomic E-state index is -0.360. The van der Waals surface area contributed by atoms with E-state index in [2.05, 4.69) is 15.0 Å². The molecular formula is C10H14BN5O3. The lowest BCUT2D eigenvalue weighted by atomic mass is 10.1. The number of aromatic amines is 1. The molecule has 0 amide bonds. The Morgan fingerprint density at radius 1 is 1.53 bits per heavy atom. The molecule has 3 rings (SSSR count). The third kappa shape index (κ3) is 1.91. The number of fused-ring (bicyclic) bond motifs is 1. The molecule has 0 bridgehead atoms. The lowest BCUT2D eigenvalue weighted by Gasteiger charge is -2.15. The molecule has 0 aliphatic carbocycles. The zero-order chi connectivity index (χ0) is 13.6. The second kappa shape index (κ2) is 4.35. The van der Waals surface area contributed by atoms with Crippen LogP contribution >= 0.6 is 0 Å². The van der Waals surface area contributed by atoms with Crippen molar-refractivity contribution < 1.29 is 9.84 Å². The number of hydrogen-bond acceptors (Lipinski definition) is 6. The van der Waals surface area contributed by atoms with Gasteiger partial charge in [-0.05, 0) is 12.8 Å². The van der Waals surface area contributed by atoms with Crippen molar-refractivity contribution in [2.75, 3.05) is 12.3 Å². The van der Waals surface area contributed by atoms with E-state index in [-0.39, 0.29) is 36.0 Å². The van der Waals surface area contributed by atoms with Gasteiger partial charge in [0.05, 0.1) is 18.4 Å². The van der Waals surface area contributed by atoms with E-state index in [1.165, 1.54) is 0 Å². The summed E-state index contributed by atoms with van der Waals surface area (Å²) >= 11 is 0. The number of nitrogen functional groups attached to an aromatic ring is 1. The van der Waals surface area contributed by atoms with E-state index in [4.69, 9.17) is 15.6 Å². The predicted octanol–water partition coefficient (Wildman–Crippen LogP) is -2.37. The van der Waals surface area contributed by atoms with Crippen LogP contribution in [-0.2, 0) is 4.74 Å². The highest BCUT2D eigenvalue weighted by Gasteiger charge is 2.29. The smallest absolute Gasteiger partial charge is 0.280 e. The Morgan fingerprint density at radius 2 is 2.32 bits per heavy atom. The predicted molar refractivity (Wildman–Crippen MR) is 71.0 cm³/mol. The summed E-state index contributed by atoms with van der Waals surface area (Å²) in [6.45, 7) is -0.0155. The van der Waals surface area contributed by atoms with Crippen molar-refractivity contribution in [3.05, 3.63) is 10.4 Å². The van der Waals surface area contributed by atoms with E-state index < -0.39 is 0 Å². The average molecular weight is 263 g/mol. The monoisotopic (exact) mass is 263 g/mol. The molecule has 100 valence electrons. The first-order valence-electron chi connectivity index (χ1n) is 6.11. The Balaban J connectivity index is 2.13. The molecule has 0 spiro atoms. The lowest BCUT2D eigenvalue weighted by Crippen LogP contribution is -2.25. The number of anilines is 1. The van der Waals surface area contributed by atoms with Gasteiger partial charge in [0.15, 0.2) is 19.0 Å². The average Bonchev–Trinajstić information content (AvgIpc) is 2.93. The molecule has 9 heteroatoms. The summed E-state index contributed by atoms with van der Waals surface area (Å²) in [7, 11) is 1.78. The van der Waals surface area contributed by atoms with Crippen molar-refractivity contribution in [2.45, 2.75) is 25.2 Å². The molecule has 4 N–H and O–H groups in total. The normalized spacial score (nSPS) is 23.2. The van der Waals surface area contributed by atoms with E-state index in [1.807, 2.05) is 0 Å². The van der Waals surface area contributed by atoms with Crippen molar-refractivity contribution >= 4 is 30.7 Å². The summed E-state index contributed by atoms with van der Waals surface area (Å²) in [5, 5.41) is 9.11. The number of rotatable bonds is 2. The van der Waals surface area contributed by atoms with Crippen LogP contribution < -0.4 is 17.0 Å². The Morgan fingerprint density at radius 3 is 3.00 bits per heavy atom. The van der Waals surface area contributed by atoms with Crippen LogP contribution in [-0.4, -0.2) is 45.2 Å². The third-order valence-electron chi connectivity index (χ3n) is 3.32. The molecule has 3 heterocycles. The minimum Gasteiger partial charge on any atom is -0.394 e. The van der Waals surface area contributed by atoms with E-state index in [9.17, 15) is 4.79 Å². The third-order valence-corrected chi connectivity index (χ3v) is 3.32. The van der Waals surface area contributed by atoms with Crippen LogP contribution in [0.5, 0.6) is 0 Å². The number of H-pyrrole nitrogens is 1. The van der Waals surface area contributed by atoms with Crippen molar-refractivity contribution in [1.29, 1.82) is 0 Å². The van der Waals surface area contributed by atoms with Gasteiger partial charge in [0, 0.05) is 0 Å². The van der Waals surface area contributed by atoms with Crippen molar-refractivity contribution in [2.24, 2.45) is 0 Å². The fourth-order valence-corrected chi connectivity index (χ4v) is 2.47. The van der Waals surface area contributed by atoms with Crippen LogP contribution in [0.4, 0.5) is 5.95 Å². The largest absolute Gasteiger partial charge is 0.394 e. The molecule has 1 fully saturated rings. The van der Waals surface area contributed by atoms with E-state index >= 15 is 0 Å².